The van der Waals surface area contributed by atoms with Gasteiger partial charge in [0.25, 0.3) is 0 Å². The molecule has 6 N–H and O–H groups in total. The van der Waals surface area contributed by atoms with Crippen molar-refractivity contribution in [2.45, 2.75) is 115 Å². The minimum Gasteiger partial charge on any atom is -0.433 e. The van der Waals surface area contributed by atoms with Crippen LogP contribution in [0.4, 0.5) is 0 Å². The summed E-state index contributed by atoms with van der Waals surface area (Å²) >= 11 is 0. The van der Waals surface area contributed by atoms with Crippen LogP contribution >= 0.6 is 0 Å². The number of carbonyl (C=O) groups excluding carboxylic acids is 1. The van der Waals surface area contributed by atoms with Crippen molar-refractivity contribution in [2.24, 2.45) is 0 Å². The lowest BCUT2D eigenvalue weighted by molar-refractivity contribution is -0.213. The van der Waals surface area contributed by atoms with Gasteiger partial charge in [0.1, 0.15) is 24.4 Å². The van der Waals surface area contributed by atoms with Crippen LogP contribution in [0.15, 0.2) is 24.3 Å². The Balaban J connectivity index is 3.75. The highest BCUT2D eigenvalue weighted by atomic mass is 16.6. The second kappa shape index (κ2) is 20.3. The molecule has 0 aromatic carbocycles. The molecule has 1 unspecified atom stereocenters. The van der Waals surface area contributed by atoms with Gasteiger partial charge in [0.15, 0.2) is 0 Å². The normalized spacial score (nSPS) is 16.8. The summed E-state index contributed by atoms with van der Waals surface area (Å²) in [6.45, 7) is 1.37. The number of hydrogen-bond donors (Lipinski definition) is 6. The third-order valence-corrected chi connectivity index (χ3v) is 5.16. The highest BCUT2D eigenvalue weighted by molar-refractivity contribution is 5.69. The lowest BCUT2D eigenvalue weighted by Gasteiger charge is -2.28. The molecule has 0 bridgehead atoms. The predicted octanol–water partition coefficient (Wildman–Crippen LogP) is 2.10. The fourth-order valence-electron chi connectivity index (χ4n) is 3.05. The van der Waals surface area contributed by atoms with Crippen LogP contribution in [-0.2, 0) is 9.53 Å². The molecular formula is C24H44O8. The fourth-order valence-corrected chi connectivity index (χ4v) is 3.05. The summed E-state index contributed by atoms with van der Waals surface area (Å²) < 4.78 is 4.65. The molecule has 188 valence electrons. The van der Waals surface area contributed by atoms with Gasteiger partial charge < -0.3 is 35.4 Å². The Morgan fingerprint density at radius 2 is 1.31 bits per heavy atom. The summed E-state index contributed by atoms with van der Waals surface area (Å²) in [6, 6.07) is 0. The van der Waals surface area contributed by atoms with Crippen molar-refractivity contribution in [3.63, 3.8) is 0 Å². The molecule has 8 heteroatoms. The maximum absolute atomic E-state index is 11.7. The topological polar surface area (TPSA) is 148 Å². The number of ether oxygens (including phenoxy) is 1. The molecular weight excluding hydrogens is 416 g/mol. The van der Waals surface area contributed by atoms with Crippen molar-refractivity contribution in [1.29, 1.82) is 0 Å². The Morgan fingerprint density at radius 1 is 0.750 bits per heavy atom. The number of unbranched alkanes of at least 4 members (excludes halogenated alkanes) is 8. The Labute approximate surface area is 192 Å². The molecule has 0 aliphatic carbocycles. The first-order valence-electron chi connectivity index (χ1n) is 11.9. The number of esters is 1. The SMILES string of the molecule is CCCCC/C=C\C/C=C\CCCCCCCC(=O)OC(O)[C@H](O)[C@@H](O)[C@H](O)[C@H](O)CO. The molecule has 0 aromatic heterocycles. The van der Waals surface area contributed by atoms with Crippen molar-refractivity contribution in [3.8, 4) is 0 Å². The van der Waals surface area contributed by atoms with Gasteiger partial charge in [0.05, 0.1) is 6.61 Å². The Morgan fingerprint density at radius 3 is 1.91 bits per heavy atom. The second-order valence-corrected chi connectivity index (χ2v) is 8.08. The van der Waals surface area contributed by atoms with Gasteiger partial charge in [-0.1, -0.05) is 63.3 Å². The van der Waals surface area contributed by atoms with Gasteiger partial charge in [-0.25, -0.2) is 0 Å². The maximum atomic E-state index is 11.7. The zero-order chi connectivity index (χ0) is 24.2. The molecule has 0 amide bonds. The van der Waals surface area contributed by atoms with Crippen LogP contribution in [0.2, 0.25) is 0 Å². The molecule has 0 aliphatic rings. The van der Waals surface area contributed by atoms with Crippen molar-refractivity contribution >= 4 is 5.97 Å². The number of rotatable bonds is 20. The summed E-state index contributed by atoms with van der Waals surface area (Å²) in [7, 11) is 0. The fraction of sp³-hybridized carbons (Fsp3) is 0.792. The van der Waals surface area contributed by atoms with Gasteiger partial charge in [0, 0.05) is 6.42 Å². The summed E-state index contributed by atoms with van der Waals surface area (Å²) in [6.07, 6.45) is 10.8. The van der Waals surface area contributed by atoms with Crippen molar-refractivity contribution in [1.82, 2.24) is 0 Å². The maximum Gasteiger partial charge on any atom is 0.308 e. The summed E-state index contributed by atoms with van der Waals surface area (Å²) in [4.78, 5) is 11.7. The first-order valence-corrected chi connectivity index (χ1v) is 11.9. The quantitative estimate of drug-likeness (QED) is 0.0700. The van der Waals surface area contributed by atoms with E-state index in [0.717, 1.165) is 44.9 Å². The van der Waals surface area contributed by atoms with Gasteiger partial charge in [-0.3, -0.25) is 4.79 Å². The number of carbonyl (C=O) groups is 1. The van der Waals surface area contributed by atoms with Crippen LogP contribution in [-0.4, -0.2) is 73.9 Å². The van der Waals surface area contributed by atoms with Crippen molar-refractivity contribution in [2.75, 3.05) is 6.61 Å². The monoisotopic (exact) mass is 460 g/mol. The van der Waals surface area contributed by atoms with E-state index in [4.69, 9.17) is 5.11 Å². The number of aliphatic hydroxyl groups is 6. The van der Waals surface area contributed by atoms with Gasteiger partial charge >= 0.3 is 5.97 Å². The van der Waals surface area contributed by atoms with E-state index >= 15 is 0 Å². The van der Waals surface area contributed by atoms with Crippen LogP contribution in [0, 0.1) is 0 Å². The minimum atomic E-state index is -2.05. The van der Waals surface area contributed by atoms with E-state index in [1.807, 2.05) is 0 Å². The highest BCUT2D eigenvalue weighted by Crippen LogP contribution is 2.12. The average molecular weight is 461 g/mol. The van der Waals surface area contributed by atoms with E-state index in [1.54, 1.807) is 0 Å². The molecule has 0 aromatic rings. The van der Waals surface area contributed by atoms with Crippen molar-refractivity contribution in [3.05, 3.63) is 24.3 Å². The number of hydrogen-bond acceptors (Lipinski definition) is 8. The molecule has 32 heavy (non-hydrogen) atoms. The molecule has 0 rings (SSSR count). The third kappa shape index (κ3) is 15.5. The molecule has 0 aliphatic heterocycles. The van der Waals surface area contributed by atoms with Gasteiger partial charge in [-0.15, -0.1) is 0 Å². The van der Waals surface area contributed by atoms with Crippen LogP contribution in [0.5, 0.6) is 0 Å². The molecule has 8 nitrogen and oxygen atoms in total. The van der Waals surface area contributed by atoms with Gasteiger partial charge in [-0.2, -0.15) is 0 Å². The molecule has 0 saturated carbocycles. The molecule has 0 spiro atoms. The number of aliphatic hydroxyl groups excluding tert-OH is 6. The van der Waals surface area contributed by atoms with E-state index in [1.165, 1.54) is 19.3 Å². The summed E-state index contributed by atoms with van der Waals surface area (Å²) in [5.41, 5.74) is 0. The van der Waals surface area contributed by atoms with Crippen LogP contribution in [0.3, 0.4) is 0 Å². The molecule has 0 fully saturated rings. The van der Waals surface area contributed by atoms with Gasteiger partial charge in [0.2, 0.25) is 6.29 Å². The Hall–Kier alpha value is -1.29. The first-order chi connectivity index (χ1) is 15.3. The lowest BCUT2D eigenvalue weighted by Crippen LogP contribution is -2.50. The van der Waals surface area contributed by atoms with Crippen LogP contribution in [0.1, 0.15) is 84.0 Å². The zero-order valence-corrected chi connectivity index (χ0v) is 19.4. The van der Waals surface area contributed by atoms with E-state index in [0.29, 0.717) is 6.42 Å². The average Bonchev–Trinajstić information content (AvgIpc) is 2.79. The highest BCUT2D eigenvalue weighted by Gasteiger charge is 2.35. The largest absolute Gasteiger partial charge is 0.433 e. The van der Waals surface area contributed by atoms with Crippen molar-refractivity contribution < 1.29 is 40.2 Å². The predicted molar refractivity (Wildman–Crippen MR) is 123 cm³/mol. The van der Waals surface area contributed by atoms with Gasteiger partial charge in [-0.05, 0) is 38.5 Å². The smallest absolute Gasteiger partial charge is 0.308 e. The second-order valence-electron chi connectivity index (χ2n) is 8.08. The summed E-state index contributed by atoms with van der Waals surface area (Å²) in [5, 5.41) is 56.5. The van der Waals surface area contributed by atoms with Crippen LogP contribution in [0.25, 0.3) is 0 Å². The third-order valence-electron chi connectivity index (χ3n) is 5.16. The molecule has 0 heterocycles. The Kier molecular flexibility index (Phi) is 19.5. The minimum absolute atomic E-state index is 0.0617. The standard InChI is InChI=1S/C24H44O8/c1-2-3-4-5-6-7-8-9-10-11-12-13-14-15-16-17-20(27)32-24(31)23(30)22(29)21(28)19(26)18-25/h6-7,9-10,19,21-26,28-31H,2-5,8,11-18H2,1H3/b7-6-,10-9-/t19-,21-,22+,23-,24?/m1/s1. The van der Waals surface area contributed by atoms with E-state index in [2.05, 4.69) is 36.0 Å². The van der Waals surface area contributed by atoms with E-state index in [-0.39, 0.29) is 6.42 Å². The first kappa shape index (κ1) is 30.7. The molecule has 0 radical (unpaired) electrons. The summed E-state index contributed by atoms with van der Waals surface area (Å²) in [5.74, 6) is -0.730. The Bertz CT molecular complexity index is 508. The zero-order valence-electron chi connectivity index (χ0n) is 19.4. The number of allylic oxidation sites excluding steroid dienone is 4. The van der Waals surface area contributed by atoms with E-state index < -0.39 is 43.3 Å². The van der Waals surface area contributed by atoms with Crippen LogP contribution < -0.4 is 0 Å². The molecule has 5 atom stereocenters. The lowest BCUT2D eigenvalue weighted by atomic mass is 10.0. The van der Waals surface area contributed by atoms with E-state index in [9.17, 15) is 30.3 Å². The molecule has 0 saturated heterocycles.